The lowest BCUT2D eigenvalue weighted by atomic mass is 9.54. The standard InChI is InChI=1S/C30H39NO4/c1-19-10-9-13-24-16-20(2)21(3)27-25(17-23-11-7-6-8-12-23)31-28(33)30(24,27)26(35-22(4)32)14-15-29(5,34)18-19/h6-9,11-16,19,21,24-27,34H,10,17-18H2,1-5H3,(H,31,33)/b13-9+,15-14+/t19-,21+,24-,25-,26+,27?,29-,30+/m0/s1. The molecular weight excluding hydrogens is 438 g/mol. The quantitative estimate of drug-likeness (QED) is 0.486. The van der Waals surface area contributed by atoms with Crippen molar-refractivity contribution in [1.29, 1.82) is 0 Å². The van der Waals surface area contributed by atoms with Crippen LogP contribution in [0, 0.1) is 29.1 Å². The van der Waals surface area contributed by atoms with Gasteiger partial charge in [0.25, 0.3) is 0 Å². The Kier molecular flexibility index (Phi) is 7.10. The number of hydrogen-bond acceptors (Lipinski definition) is 4. The van der Waals surface area contributed by atoms with Crippen LogP contribution in [0.1, 0.15) is 53.0 Å². The number of hydrogen-bond donors (Lipinski definition) is 2. The summed E-state index contributed by atoms with van der Waals surface area (Å²) in [6.45, 7) is 9.60. The van der Waals surface area contributed by atoms with E-state index in [0.29, 0.717) is 12.8 Å². The van der Waals surface area contributed by atoms with Crippen LogP contribution in [-0.2, 0) is 20.7 Å². The smallest absolute Gasteiger partial charge is 0.303 e. The van der Waals surface area contributed by atoms with Crippen molar-refractivity contribution in [3.63, 3.8) is 0 Å². The van der Waals surface area contributed by atoms with Gasteiger partial charge in [-0.25, -0.2) is 0 Å². The van der Waals surface area contributed by atoms with Gasteiger partial charge in [0.05, 0.1) is 5.60 Å². The average molecular weight is 478 g/mol. The molecule has 1 saturated heterocycles. The van der Waals surface area contributed by atoms with E-state index >= 15 is 0 Å². The molecule has 1 aromatic rings. The van der Waals surface area contributed by atoms with E-state index in [1.807, 2.05) is 18.2 Å². The highest BCUT2D eigenvalue weighted by Crippen LogP contribution is 2.56. The fraction of sp³-hybridized carbons (Fsp3) is 0.533. The number of carbonyl (C=O) groups excluding carboxylic acids is 2. The molecule has 2 aliphatic carbocycles. The Morgan fingerprint density at radius 1 is 1.20 bits per heavy atom. The fourth-order valence-corrected chi connectivity index (χ4v) is 6.71. The maximum absolute atomic E-state index is 14.1. The lowest BCUT2D eigenvalue weighted by molar-refractivity contribution is -0.159. The number of allylic oxidation sites excluding steroid dienone is 4. The largest absolute Gasteiger partial charge is 0.457 e. The Balaban J connectivity index is 1.90. The molecule has 1 unspecified atom stereocenters. The Labute approximate surface area is 209 Å². The highest BCUT2D eigenvalue weighted by Gasteiger charge is 2.65. The lowest BCUT2D eigenvalue weighted by Gasteiger charge is -2.48. The Bertz CT molecular complexity index is 1040. The van der Waals surface area contributed by atoms with Crippen LogP contribution in [0.15, 0.2) is 66.3 Å². The normalized spacial score (nSPS) is 40.9. The van der Waals surface area contributed by atoms with Gasteiger partial charge in [-0.2, -0.15) is 0 Å². The summed E-state index contributed by atoms with van der Waals surface area (Å²) in [5.74, 6) is -0.462. The zero-order chi connectivity index (χ0) is 25.4. The first-order valence-corrected chi connectivity index (χ1v) is 12.8. The maximum Gasteiger partial charge on any atom is 0.303 e. The van der Waals surface area contributed by atoms with E-state index in [-0.39, 0.29) is 35.6 Å². The maximum atomic E-state index is 14.1. The highest BCUT2D eigenvalue weighted by atomic mass is 16.5. The minimum atomic E-state index is -1.07. The molecule has 1 fully saturated rings. The average Bonchev–Trinajstić information content (AvgIpc) is 3.06. The molecule has 1 aliphatic heterocycles. The summed E-state index contributed by atoms with van der Waals surface area (Å²) in [5, 5.41) is 14.4. The summed E-state index contributed by atoms with van der Waals surface area (Å²) in [5.41, 5.74) is 0.341. The van der Waals surface area contributed by atoms with Crippen molar-refractivity contribution in [3.8, 4) is 0 Å². The fourth-order valence-electron chi connectivity index (χ4n) is 6.71. The predicted octanol–water partition coefficient (Wildman–Crippen LogP) is 4.77. The molecule has 4 rings (SSSR count). The molecule has 8 atom stereocenters. The molecular formula is C30H39NO4. The molecule has 0 bridgehead atoms. The van der Waals surface area contributed by atoms with Crippen LogP contribution in [0.5, 0.6) is 0 Å². The van der Waals surface area contributed by atoms with Gasteiger partial charge in [-0.15, -0.1) is 0 Å². The van der Waals surface area contributed by atoms with Crippen molar-refractivity contribution in [2.75, 3.05) is 0 Å². The van der Waals surface area contributed by atoms with E-state index in [9.17, 15) is 14.7 Å². The van der Waals surface area contributed by atoms with E-state index in [1.54, 1.807) is 19.1 Å². The molecule has 5 heteroatoms. The van der Waals surface area contributed by atoms with Crippen LogP contribution in [0.25, 0.3) is 0 Å². The number of nitrogens with one attached hydrogen (secondary N) is 1. The van der Waals surface area contributed by atoms with Gasteiger partial charge in [0, 0.05) is 24.8 Å². The molecule has 3 aliphatic rings. The number of ether oxygens (including phenoxy) is 1. The number of carbonyl (C=O) groups is 2. The number of rotatable bonds is 3. The Morgan fingerprint density at radius 2 is 1.91 bits per heavy atom. The van der Waals surface area contributed by atoms with Gasteiger partial charge < -0.3 is 15.2 Å². The molecule has 1 heterocycles. The third kappa shape index (κ3) is 4.88. The summed E-state index contributed by atoms with van der Waals surface area (Å²) in [4.78, 5) is 26.5. The van der Waals surface area contributed by atoms with E-state index in [4.69, 9.17) is 4.74 Å². The SMILES string of the molecule is CC(=O)O[C@@H]1/C=C/[C@](C)(O)C[C@@H](C)C/C=C/[C@H]2C=C(C)[C@@H](C)C3[C@H](Cc4ccccc4)NC(=O)[C@]321. The number of benzene rings is 1. The minimum absolute atomic E-state index is 0.0866. The molecule has 35 heavy (non-hydrogen) atoms. The van der Waals surface area contributed by atoms with Gasteiger partial charge in [-0.1, -0.05) is 74.1 Å². The van der Waals surface area contributed by atoms with E-state index in [2.05, 4.69) is 56.4 Å². The van der Waals surface area contributed by atoms with Gasteiger partial charge in [0.2, 0.25) is 5.91 Å². The number of aliphatic hydroxyl groups is 1. The van der Waals surface area contributed by atoms with E-state index < -0.39 is 23.1 Å². The molecule has 1 spiro atoms. The van der Waals surface area contributed by atoms with E-state index in [1.165, 1.54) is 12.5 Å². The number of amides is 1. The highest BCUT2D eigenvalue weighted by molar-refractivity contribution is 5.89. The van der Waals surface area contributed by atoms with Crippen LogP contribution < -0.4 is 5.32 Å². The van der Waals surface area contributed by atoms with Crippen LogP contribution in [0.4, 0.5) is 0 Å². The topological polar surface area (TPSA) is 75.6 Å². The van der Waals surface area contributed by atoms with Crippen molar-refractivity contribution >= 4 is 11.9 Å². The van der Waals surface area contributed by atoms with Gasteiger partial charge in [0.15, 0.2) is 0 Å². The molecule has 5 nitrogen and oxygen atoms in total. The van der Waals surface area contributed by atoms with Gasteiger partial charge in [-0.05, 0) is 56.6 Å². The van der Waals surface area contributed by atoms with Gasteiger partial charge in [-0.3, -0.25) is 9.59 Å². The van der Waals surface area contributed by atoms with Crippen molar-refractivity contribution in [2.45, 2.75) is 71.6 Å². The Morgan fingerprint density at radius 3 is 2.60 bits per heavy atom. The van der Waals surface area contributed by atoms with Crippen LogP contribution in [-0.4, -0.2) is 34.7 Å². The number of esters is 1. The molecule has 0 aromatic heterocycles. The second kappa shape index (κ2) is 9.77. The summed E-state index contributed by atoms with van der Waals surface area (Å²) >= 11 is 0. The molecule has 1 aromatic carbocycles. The monoisotopic (exact) mass is 477 g/mol. The minimum Gasteiger partial charge on any atom is -0.457 e. The summed E-state index contributed by atoms with van der Waals surface area (Å²) < 4.78 is 5.95. The zero-order valence-corrected chi connectivity index (χ0v) is 21.5. The predicted molar refractivity (Wildman–Crippen MR) is 137 cm³/mol. The van der Waals surface area contributed by atoms with E-state index in [0.717, 1.165) is 12.0 Å². The molecule has 0 radical (unpaired) electrons. The summed E-state index contributed by atoms with van der Waals surface area (Å²) in [6, 6.07) is 10.1. The second-order valence-corrected chi connectivity index (χ2v) is 11.2. The van der Waals surface area contributed by atoms with Crippen molar-refractivity contribution in [3.05, 3.63) is 71.8 Å². The zero-order valence-electron chi connectivity index (χ0n) is 21.5. The third-order valence-electron chi connectivity index (χ3n) is 8.28. The first-order valence-electron chi connectivity index (χ1n) is 12.8. The summed E-state index contributed by atoms with van der Waals surface area (Å²) in [7, 11) is 0. The van der Waals surface area contributed by atoms with Gasteiger partial charge >= 0.3 is 5.97 Å². The first-order chi connectivity index (χ1) is 16.5. The van der Waals surface area contributed by atoms with Crippen molar-refractivity contribution in [2.24, 2.45) is 29.1 Å². The van der Waals surface area contributed by atoms with Crippen LogP contribution in [0.3, 0.4) is 0 Å². The molecule has 2 N–H and O–H groups in total. The second-order valence-electron chi connectivity index (χ2n) is 11.2. The summed E-state index contributed by atoms with van der Waals surface area (Å²) in [6.07, 6.45) is 11.3. The van der Waals surface area contributed by atoms with Crippen LogP contribution >= 0.6 is 0 Å². The lowest BCUT2D eigenvalue weighted by Crippen LogP contribution is -2.55. The first kappa shape index (κ1) is 25.4. The molecule has 1 amide bonds. The van der Waals surface area contributed by atoms with Gasteiger partial charge in [0.1, 0.15) is 11.5 Å². The van der Waals surface area contributed by atoms with Crippen LogP contribution in [0.2, 0.25) is 0 Å². The Hall–Kier alpha value is -2.66. The molecule has 188 valence electrons. The third-order valence-corrected chi connectivity index (χ3v) is 8.28. The molecule has 0 saturated carbocycles. The van der Waals surface area contributed by atoms with Crippen molar-refractivity contribution < 1.29 is 19.4 Å². The van der Waals surface area contributed by atoms with Crippen molar-refractivity contribution in [1.82, 2.24) is 5.32 Å².